The summed E-state index contributed by atoms with van der Waals surface area (Å²) in [4.78, 5) is 0. The van der Waals surface area contributed by atoms with Crippen LogP contribution in [0.2, 0.25) is 0 Å². The van der Waals surface area contributed by atoms with Crippen molar-refractivity contribution in [2.24, 2.45) is 0 Å². The molecule has 16 heavy (non-hydrogen) atoms. The van der Waals surface area contributed by atoms with Crippen LogP contribution < -0.4 is 0 Å². The average molecular weight is 248 g/mol. The zero-order valence-electron chi connectivity index (χ0n) is 7.18. The largest absolute Gasteiger partial charge is 0.254 e. The van der Waals surface area contributed by atoms with Crippen molar-refractivity contribution in [1.29, 1.82) is 0 Å². The van der Waals surface area contributed by atoms with Gasteiger partial charge in [-0.1, -0.05) is 0 Å². The van der Waals surface area contributed by atoms with Gasteiger partial charge in [-0.25, -0.2) is 35.1 Å². The van der Waals surface area contributed by atoms with Gasteiger partial charge in [0.2, 0.25) is 5.82 Å². The third-order valence-electron chi connectivity index (χ3n) is 1.97. The smallest absolute Gasteiger partial charge is 0.235 e. The summed E-state index contributed by atoms with van der Waals surface area (Å²) >= 11 is 0. The van der Waals surface area contributed by atoms with Crippen LogP contribution in [0.1, 0.15) is 0 Å². The van der Waals surface area contributed by atoms with E-state index in [-0.39, 0.29) is 0 Å². The molecule has 0 amide bonds. The lowest BCUT2D eigenvalue weighted by Crippen LogP contribution is -2.54. The lowest BCUT2D eigenvalue weighted by atomic mass is 9.76. The highest BCUT2D eigenvalue weighted by Gasteiger charge is 2.65. The molecule has 0 saturated carbocycles. The van der Waals surface area contributed by atoms with E-state index in [9.17, 15) is 35.1 Å². The van der Waals surface area contributed by atoms with Crippen molar-refractivity contribution in [3.8, 4) is 0 Å². The van der Waals surface area contributed by atoms with Crippen LogP contribution in [0, 0.1) is 0 Å². The minimum Gasteiger partial charge on any atom is -0.235 e. The molecule has 0 heterocycles. The Morgan fingerprint density at radius 1 is 1.06 bits per heavy atom. The maximum atomic E-state index is 13.2. The quantitative estimate of drug-likeness (QED) is 0.494. The number of hydrogen-bond acceptors (Lipinski definition) is 0. The van der Waals surface area contributed by atoms with Crippen molar-refractivity contribution in [3.63, 3.8) is 0 Å². The lowest BCUT2D eigenvalue weighted by Gasteiger charge is -2.34. The lowest BCUT2D eigenvalue weighted by molar-refractivity contribution is -0.101. The molecule has 0 aromatic carbocycles. The van der Waals surface area contributed by atoms with E-state index in [0.717, 1.165) is 0 Å². The molecule has 1 rings (SSSR count). The van der Waals surface area contributed by atoms with Gasteiger partial charge in [0, 0.05) is 0 Å². The van der Waals surface area contributed by atoms with Crippen molar-refractivity contribution >= 4 is 7.85 Å². The second-order valence-electron chi connectivity index (χ2n) is 2.99. The Balaban J connectivity index is 3.48. The Hall–Kier alpha value is -1.02. The molecule has 2 atom stereocenters. The molecule has 1 aliphatic rings. The van der Waals surface area contributed by atoms with Crippen molar-refractivity contribution in [3.05, 3.63) is 23.3 Å². The first-order valence-electron chi connectivity index (χ1n) is 3.66. The van der Waals surface area contributed by atoms with E-state index in [1.54, 1.807) is 0 Å². The number of rotatable bonds is 1. The first-order valence-corrected chi connectivity index (χ1v) is 3.66. The zero-order chi connectivity index (χ0) is 12.9. The second kappa shape index (κ2) is 3.49. The van der Waals surface area contributed by atoms with Crippen LogP contribution in [0.4, 0.5) is 35.1 Å². The predicted octanol–water partition coefficient (Wildman–Crippen LogP) is 3.11. The molecule has 2 radical (unpaired) electrons. The van der Waals surface area contributed by atoms with Crippen molar-refractivity contribution in [2.45, 2.75) is 17.7 Å². The van der Waals surface area contributed by atoms with Crippen LogP contribution in [-0.4, -0.2) is 25.5 Å². The first-order chi connectivity index (χ1) is 7.05. The zero-order valence-corrected chi connectivity index (χ0v) is 7.18. The second-order valence-corrected chi connectivity index (χ2v) is 2.99. The summed E-state index contributed by atoms with van der Waals surface area (Å²) in [5.74, 6) is -16.8. The molecule has 0 N–H and O–H groups in total. The summed E-state index contributed by atoms with van der Waals surface area (Å²) in [5.41, 5.74) is -5.10. The van der Waals surface area contributed by atoms with Gasteiger partial charge < -0.3 is 0 Å². The monoisotopic (exact) mass is 248 g/mol. The summed E-state index contributed by atoms with van der Waals surface area (Å²) in [6, 6.07) is 0. The normalized spacial score (nSPS) is 32.4. The summed E-state index contributed by atoms with van der Waals surface area (Å²) in [6.45, 7) is 0. The van der Waals surface area contributed by atoms with E-state index in [1.807, 2.05) is 0 Å². The highest BCUT2D eigenvalue weighted by atomic mass is 19.3. The molecule has 0 bridgehead atoms. The molecule has 0 saturated heterocycles. The fourth-order valence-corrected chi connectivity index (χ4v) is 1.07. The molecule has 0 fully saturated rings. The highest BCUT2D eigenvalue weighted by molar-refractivity contribution is 6.14. The number of alkyl halides is 4. The van der Waals surface area contributed by atoms with Gasteiger partial charge >= 0.3 is 0 Å². The standard InChI is InChI=1S/C7HBF8/c8-7(15,16)6(14)4(12)2(10)1(9)3(11)5(6)13/h4H. The fraction of sp³-hybridized carbons (Fsp3) is 0.429. The van der Waals surface area contributed by atoms with Crippen LogP contribution >= 0.6 is 0 Å². The Kier molecular flexibility index (Phi) is 2.85. The number of halogens is 8. The Morgan fingerprint density at radius 2 is 1.50 bits per heavy atom. The molecule has 0 nitrogen and oxygen atoms in total. The van der Waals surface area contributed by atoms with Gasteiger partial charge in [0.25, 0.3) is 5.67 Å². The summed E-state index contributed by atoms with van der Waals surface area (Å²) in [5, 5.41) is 0. The van der Waals surface area contributed by atoms with Gasteiger partial charge in [0.1, 0.15) is 0 Å². The van der Waals surface area contributed by atoms with E-state index < -0.39 is 41.0 Å². The third-order valence-corrected chi connectivity index (χ3v) is 1.97. The van der Waals surface area contributed by atoms with E-state index in [1.165, 1.54) is 0 Å². The van der Waals surface area contributed by atoms with Crippen LogP contribution in [0.15, 0.2) is 23.3 Å². The van der Waals surface area contributed by atoms with Gasteiger partial charge in [-0.3, -0.25) is 0 Å². The maximum Gasteiger partial charge on any atom is 0.254 e. The molecule has 0 aliphatic heterocycles. The van der Waals surface area contributed by atoms with Crippen LogP contribution in [0.3, 0.4) is 0 Å². The average Bonchev–Trinajstić information content (AvgIpc) is 2.19. The fourth-order valence-electron chi connectivity index (χ4n) is 1.07. The molecule has 1 aliphatic carbocycles. The highest BCUT2D eigenvalue weighted by Crippen LogP contribution is 2.50. The van der Waals surface area contributed by atoms with Gasteiger partial charge in [-0.2, -0.15) is 0 Å². The van der Waals surface area contributed by atoms with Crippen molar-refractivity contribution < 1.29 is 35.1 Å². The molecular weight excluding hydrogens is 247 g/mol. The van der Waals surface area contributed by atoms with E-state index >= 15 is 0 Å². The summed E-state index contributed by atoms with van der Waals surface area (Å²) < 4.78 is 101. The molecule has 0 aromatic heterocycles. The number of allylic oxidation sites excluding steroid dienone is 4. The molecule has 88 valence electrons. The molecule has 2 unspecified atom stereocenters. The minimum atomic E-state index is -5.26. The van der Waals surface area contributed by atoms with Crippen molar-refractivity contribution in [2.75, 3.05) is 0 Å². The number of hydrogen-bond donors (Lipinski definition) is 0. The maximum absolute atomic E-state index is 13.2. The van der Waals surface area contributed by atoms with Crippen LogP contribution in [0.5, 0.6) is 0 Å². The van der Waals surface area contributed by atoms with E-state index in [0.29, 0.717) is 0 Å². The third kappa shape index (κ3) is 1.44. The Morgan fingerprint density at radius 3 is 1.88 bits per heavy atom. The Bertz CT molecular complexity index is 380. The first kappa shape index (κ1) is 13.1. The van der Waals surface area contributed by atoms with Gasteiger partial charge in [0.15, 0.2) is 37.3 Å². The topological polar surface area (TPSA) is 0 Å². The van der Waals surface area contributed by atoms with Gasteiger partial charge in [-0.15, -0.1) is 0 Å². The van der Waals surface area contributed by atoms with Crippen LogP contribution in [0.25, 0.3) is 0 Å². The van der Waals surface area contributed by atoms with Crippen molar-refractivity contribution in [1.82, 2.24) is 0 Å². The van der Waals surface area contributed by atoms with Crippen LogP contribution in [-0.2, 0) is 0 Å². The molecule has 9 heteroatoms. The molecular formula is C7HBF8. The molecule has 0 aromatic rings. The van der Waals surface area contributed by atoms with E-state index in [2.05, 4.69) is 7.85 Å². The summed E-state index contributed by atoms with van der Waals surface area (Å²) in [7, 11) is 3.79. The summed E-state index contributed by atoms with van der Waals surface area (Å²) in [6.07, 6.45) is -4.06. The Labute approximate surface area is 85.0 Å². The van der Waals surface area contributed by atoms with Gasteiger partial charge in [-0.05, 0) is 0 Å². The SMILES string of the molecule is [B]C(F)(F)C1(F)C(F)=C(F)C(F)=C(F)C1F. The van der Waals surface area contributed by atoms with Gasteiger partial charge in [0.05, 0.1) is 0 Å². The molecule has 0 spiro atoms. The minimum absolute atomic E-state index is 2.71. The predicted molar refractivity (Wildman–Crippen MR) is 37.9 cm³/mol. The van der Waals surface area contributed by atoms with E-state index in [4.69, 9.17) is 0 Å².